The topological polar surface area (TPSA) is 92.4 Å². The van der Waals surface area contributed by atoms with Crippen LogP contribution in [-0.4, -0.2) is 27.7 Å². The number of hydrogen-bond acceptors (Lipinski definition) is 4. The molecule has 1 heterocycles. The molecule has 0 unspecified atom stereocenters. The molecule has 0 radical (unpaired) electrons. The third kappa shape index (κ3) is 2.77. The molecule has 0 bridgehead atoms. The Kier molecular flexibility index (Phi) is 4.69. The Morgan fingerprint density at radius 1 is 1.32 bits per heavy atom. The van der Waals surface area contributed by atoms with Crippen LogP contribution < -0.4 is 5.32 Å². The van der Waals surface area contributed by atoms with Crippen LogP contribution in [0.3, 0.4) is 0 Å². The van der Waals surface area contributed by atoms with Crippen molar-refractivity contribution in [2.45, 2.75) is 52.5 Å². The molecule has 1 aromatic rings. The van der Waals surface area contributed by atoms with Gasteiger partial charge in [-0.1, -0.05) is 25.9 Å². The normalized spacial score (nSPS) is 11.4. The summed E-state index contributed by atoms with van der Waals surface area (Å²) in [6, 6.07) is 0. The molecule has 0 aliphatic heterocycles. The maximum absolute atomic E-state index is 12.3. The maximum Gasteiger partial charge on any atom is 0.329 e. The number of carbonyl (C=O) groups is 2. The van der Waals surface area contributed by atoms with E-state index in [-0.39, 0.29) is 0 Å². The first kappa shape index (κ1) is 15.2. The standard InChI is InChI=1S/C13H20N2O4/c1-5-9-10(8(4)19-15-9)11(16)14-13(6-2,7-3)12(17)18/h5-7H2,1-4H3,(H,14,16)(H,17,18). The molecule has 2 N–H and O–H groups in total. The summed E-state index contributed by atoms with van der Waals surface area (Å²) in [5.74, 6) is -1.07. The molecular weight excluding hydrogens is 248 g/mol. The smallest absolute Gasteiger partial charge is 0.329 e. The second kappa shape index (κ2) is 5.86. The molecule has 19 heavy (non-hydrogen) atoms. The Labute approximate surface area is 112 Å². The van der Waals surface area contributed by atoms with E-state index in [9.17, 15) is 14.7 Å². The zero-order valence-electron chi connectivity index (χ0n) is 11.7. The van der Waals surface area contributed by atoms with Crippen molar-refractivity contribution < 1.29 is 19.2 Å². The number of carbonyl (C=O) groups excluding carboxylic acids is 1. The minimum atomic E-state index is -1.24. The molecule has 0 fully saturated rings. The van der Waals surface area contributed by atoms with Crippen molar-refractivity contribution in [2.24, 2.45) is 0 Å². The lowest BCUT2D eigenvalue weighted by atomic mass is 9.92. The van der Waals surface area contributed by atoms with Crippen molar-refractivity contribution in [3.8, 4) is 0 Å². The second-order valence-electron chi connectivity index (χ2n) is 4.46. The lowest BCUT2D eigenvalue weighted by Gasteiger charge is -2.27. The molecule has 0 spiro atoms. The monoisotopic (exact) mass is 268 g/mol. The Hall–Kier alpha value is -1.85. The van der Waals surface area contributed by atoms with Gasteiger partial charge in [-0.05, 0) is 26.2 Å². The van der Waals surface area contributed by atoms with Gasteiger partial charge in [0.2, 0.25) is 0 Å². The van der Waals surface area contributed by atoms with Crippen LogP contribution in [0.25, 0.3) is 0 Å². The highest BCUT2D eigenvalue weighted by molar-refractivity contribution is 5.99. The van der Waals surface area contributed by atoms with Gasteiger partial charge in [0.1, 0.15) is 16.9 Å². The summed E-state index contributed by atoms with van der Waals surface area (Å²) in [7, 11) is 0. The van der Waals surface area contributed by atoms with E-state index in [4.69, 9.17) is 4.52 Å². The van der Waals surface area contributed by atoms with Gasteiger partial charge in [0.15, 0.2) is 0 Å². The van der Waals surface area contributed by atoms with Gasteiger partial charge in [0, 0.05) is 0 Å². The Balaban J connectivity index is 3.07. The average Bonchev–Trinajstić information content (AvgIpc) is 2.76. The second-order valence-corrected chi connectivity index (χ2v) is 4.46. The van der Waals surface area contributed by atoms with Gasteiger partial charge in [0.05, 0.1) is 5.69 Å². The first-order valence-corrected chi connectivity index (χ1v) is 6.42. The van der Waals surface area contributed by atoms with E-state index in [1.807, 2.05) is 6.92 Å². The van der Waals surface area contributed by atoms with Gasteiger partial charge >= 0.3 is 5.97 Å². The average molecular weight is 268 g/mol. The summed E-state index contributed by atoms with van der Waals surface area (Å²) in [5.41, 5.74) is -0.359. The first-order valence-electron chi connectivity index (χ1n) is 6.42. The van der Waals surface area contributed by atoms with Crippen LogP contribution in [-0.2, 0) is 11.2 Å². The number of aliphatic carboxylic acids is 1. The molecule has 0 saturated carbocycles. The fourth-order valence-electron chi connectivity index (χ4n) is 2.01. The van der Waals surface area contributed by atoms with Gasteiger partial charge < -0.3 is 14.9 Å². The van der Waals surface area contributed by atoms with Crippen LogP contribution in [0.4, 0.5) is 0 Å². The van der Waals surface area contributed by atoms with E-state index in [0.29, 0.717) is 36.3 Å². The van der Waals surface area contributed by atoms with Crippen LogP contribution in [0.2, 0.25) is 0 Å². The van der Waals surface area contributed by atoms with Gasteiger partial charge in [-0.2, -0.15) is 0 Å². The summed E-state index contributed by atoms with van der Waals surface area (Å²) < 4.78 is 4.99. The van der Waals surface area contributed by atoms with Crippen LogP contribution in [0.1, 0.15) is 55.4 Å². The number of carboxylic acids is 1. The highest BCUT2D eigenvalue weighted by Crippen LogP contribution is 2.19. The predicted molar refractivity (Wildman–Crippen MR) is 69.0 cm³/mol. The number of nitrogens with zero attached hydrogens (tertiary/aromatic N) is 1. The Morgan fingerprint density at radius 3 is 2.32 bits per heavy atom. The van der Waals surface area contributed by atoms with Crippen LogP contribution in [0, 0.1) is 6.92 Å². The molecule has 0 atom stereocenters. The van der Waals surface area contributed by atoms with Crippen molar-refractivity contribution in [3.05, 3.63) is 17.0 Å². The molecule has 0 aromatic carbocycles. The quantitative estimate of drug-likeness (QED) is 0.822. The van der Waals surface area contributed by atoms with Gasteiger partial charge in [-0.15, -0.1) is 0 Å². The molecule has 1 aromatic heterocycles. The van der Waals surface area contributed by atoms with Gasteiger partial charge in [-0.25, -0.2) is 4.79 Å². The lowest BCUT2D eigenvalue weighted by Crippen LogP contribution is -2.53. The number of carboxylic acid groups (broad SMARTS) is 1. The molecule has 1 rings (SSSR count). The minimum absolute atomic E-state index is 0.316. The van der Waals surface area contributed by atoms with Gasteiger partial charge in [0.25, 0.3) is 5.91 Å². The highest BCUT2D eigenvalue weighted by atomic mass is 16.5. The summed E-state index contributed by atoms with van der Waals surface area (Å²) in [5, 5.41) is 15.7. The third-order valence-corrected chi connectivity index (χ3v) is 3.46. The van der Waals surface area contributed by atoms with E-state index < -0.39 is 17.4 Å². The predicted octanol–water partition coefficient (Wildman–Crippen LogP) is 1.92. The Morgan fingerprint density at radius 2 is 1.89 bits per heavy atom. The van der Waals surface area contributed by atoms with Gasteiger partial charge in [-0.3, -0.25) is 4.79 Å². The molecule has 0 saturated heterocycles. The number of nitrogens with one attached hydrogen (secondary N) is 1. The van der Waals surface area contributed by atoms with Crippen molar-refractivity contribution in [3.63, 3.8) is 0 Å². The molecule has 0 aliphatic carbocycles. The molecule has 0 aliphatic rings. The van der Waals surface area contributed by atoms with E-state index in [1.54, 1.807) is 20.8 Å². The first-order chi connectivity index (χ1) is 8.91. The third-order valence-electron chi connectivity index (χ3n) is 3.46. The molecule has 106 valence electrons. The molecule has 1 amide bonds. The van der Waals surface area contributed by atoms with Crippen LogP contribution in [0.5, 0.6) is 0 Å². The summed E-state index contributed by atoms with van der Waals surface area (Å²) >= 11 is 0. The fraction of sp³-hybridized carbons (Fsp3) is 0.615. The van der Waals surface area contributed by atoms with Crippen molar-refractivity contribution >= 4 is 11.9 Å². The van der Waals surface area contributed by atoms with Crippen LogP contribution >= 0.6 is 0 Å². The number of rotatable bonds is 6. The summed E-state index contributed by atoms with van der Waals surface area (Å²) in [6.45, 7) is 6.97. The Bertz CT molecular complexity index is 475. The van der Waals surface area contributed by atoms with E-state index in [2.05, 4.69) is 10.5 Å². The number of hydrogen-bond donors (Lipinski definition) is 2. The van der Waals surface area contributed by atoms with Crippen molar-refractivity contribution in [1.82, 2.24) is 10.5 Å². The number of aryl methyl sites for hydroxylation is 2. The maximum atomic E-state index is 12.3. The van der Waals surface area contributed by atoms with Crippen molar-refractivity contribution in [2.75, 3.05) is 0 Å². The summed E-state index contributed by atoms with van der Waals surface area (Å²) in [4.78, 5) is 23.6. The highest BCUT2D eigenvalue weighted by Gasteiger charge is 2.37. The molecule has 6 heteroatoms. The van der Waals surface area contributed by atoms with E-state index in [0.717, 1.165) is 0 Å². The zero-order chi connectivity index (χ0) is 14.6. The lowest BCUT2D eigenvalue weighted by molar-refractivity contribution is -0.144. The fourth-order valence-corrected chi connectivity index (χ4v) is 2.01. The SMILES string of the molecule is CCc1noc(C)c1C(=O)NC(CC)(CC)C(=O)O. The van der Waals surface area contributed by atoms with E-state index in [1.165, 1.54) is 0 Å². The molecule has 6 nitrogen and oxygen atoms in total. The van der Waals surface area contributed by atoms with E-state index >= 15 is 0 Å². The van der Waals surface area contributed by atoms with Crippen molar-refractivity contribution in [1.29, 1.82) is 0 Å². The summed E-state index contributed by atoms with van der Waals surface area (Å²) in [6.07, 6.45) is 1.19. The number of amides is 1. The molecular formula is C13H20N2O4. The largest absolute Gasteiger partial charge is 0.480 e. The van der Waals surface area contributed by atoms with Crippen LogP contribution in [0.15, 0.2) is 4.52 Å². The minimum Gasteiger partial charge on any atom is -0.480 e. The number of aromatic nitrogens is 1. The zero-order valence-corrected chi connectivity index (χ0v) is 11.7.